The maximum atomic E-state index is 11.7. The first-order valence-corrected chi connectivity index (χ1v) is 16.4. The van der Waals surface area contributed by atoms with Crippen LogP contribution < -0.4 is 4.74 Å². The molecular weight excluding hydrogens is 534 g/mol. The second-order valence-corrected chi connectivity index (χ2v) is 14.7. The number of carbonyl (C=O) groups is 1. The minimum atomic E-state index is -1.83. The van der Waals surface area contributed by atoms with Gasteiger partial charge in [-0.05, 0) is 55.1 Å². The molecule has 0 aromatic heterocycles. The average molecular weight is 575 g/mol. The molecule has 1 aromatic rings. The number of hydrogen-bond donors (Lipinski definition) is 0. The lowest BCUT2D eigenvalue weighted by atomic mass is 9.90. The topological polar surface area (TPSA) is 63.2 Å². The molecule has 1 fully saturated rings. The molecule has 0 aliphatic heterocycles. The van der Waals surface area contributed by atoms with E-state index in [2.05, 4.69) is 45.8 Å². The van der Waals surface area contributed by atoms with Gasteiger partial charge in [0, 0.05) is 36.0 Å². The lowest BCUT2D eigenvalue weighted by molar-refractivity contribution is -0.134. The zero-order chi connectivity index (χ0) is 26.6. The highest BCUT2D eigenvalue weighted by Crippen LogP contribution is 2.43. The van der Waals surface area contributed by atoms with Crippen molar-refractivity contribution >= 4 is 44.8 Å². The third-order valence-electron chi connectivity index (χ3n) is 7.17. The van der Waals surface area contributed by atoms with Gasteiger partial charge in [-0.2, -0.15) is 0 Å². The van der Waals surface area contributed by atoms with E-state index in [1.807, 2.05) is 24.3 Å². The molecule has 4 unspecified atom stereocenters. The normalized spacial score (nSPS) is 23.4. The Bertz CT molecular complexity index is 858. The van der Waals surface area contributed by atoms with E-state index in [0.717, 1.165) is 24.6 Å². The van der Waals surface area contributed by atoms with Crippen molar-refractivity contribution in [2.75, 3.05) is 13.7 Å². The van der Waals surface area contributed by atoms with Crippen molar-refractivity contribution in [3.05, 3.63) is 53.6 Å². The van der Waals surface area contributed by atoms with Gasteiger partial charge in [-0.3, -0.25) is 0 Å². The van der Waals surface area contributed by atoms with Crippen LogP contribution in [0.15, 0.2) is 48.6 Å². The van der Waals surface area contributed by atoms with Gasteiger partial charge in [0.05, 0.1) is 19.3 Å². The molecule has 10 heteroatoms. The van der Waals surface area contributed by atoms with Crippen LogP contribution in [0.3, 0.4) is 0 Å². The minimum Gasteiger partial charge on any atom is -0.490 e. The zero-order valence-corrected chi connectivity index (χ0v) is 25.8. The van der Waals surface area contributed by atoms with Crippen LogP contribution >= 0.6 is 30.5 Å². The maximum absolute atomic E-state index is 11.7. The predicted octanol–water partition coefficient (Wildman–Crippen LogP) is 6.77. The lowest BCUT2D eigenvalue weighted by Crippen LogP contribution is -2.41. The second kappa shape index (κ2) is 16.2. The van der Waals surface area contributed by atoms with E-state index >= 15 is 0 Å². The summed E-state index contributed by atoms with van der Waals surface area (Å²) in [6, 6.07) is 10.5. The summed E-state index contributed by atoms with van der Waals surface area (Å²) in [6.07, 6.45) is 8.78. The molecule has 1 aromatic carbocycles. The van der Waals surface area contributed by atoms with Gasteiger partial charge in [0.15, 0.2) is 8.32 Å². The molecule has 1 aliphatic rings. The molecule has 0 N–H and O–H groups in total. The van der Waals surface area contributed by atoms with Crippen molar-refractivity contribution < 1.29 is 27.7 Å². The van der Waals surface area contributed by atoms with Crippen molar-refractivity contribution in [3.63, 3.8) is 0 Å². The third kappa shape index (κ3) is 9.20. The molecule has 1 saturated carbocycles. The summed E-state index contributed by atoms with van der Waals surface area (Å²) in [5.41, 5.74) is 0. The molecule has 36 heavy (non-hydrogen) atoms. The fourth-order valence-corrected chi connectivity index (χ4v) is 8.34. The van der Waals surface area contributed by atoms with Gasteiger partial charge < -0.3 is 22.9 Å². The van der Waals surface area contributed by atoms with Crippen molar-refractivity contribution in [1.29, 1.82) is 0 Å². The third-order valence-corrected chi connectivity index (χ3v) is 12.8. The first-order valence-electron chi connectivity index (χ1n) is 12.5. The molecule has 0 amide bonds. The van der Waals surface area contributed by atoms with Gasteiger partial charge in [-0.25, -0.2) is 4.79 Å². The van der Waals surface area contributed by atoms with Crippen molar-refractivity contribution in [1.82, 2.24) is 0 Å². The smallest absolute Gasteiger partial charge is 0.330 e. The molecule has 0 radical (unpaired) electrons. The largest absolute Gasteiger partial charge is 0.490 e. The van der Waals surface area contributed by atoms with E-state index in [9.17, 15) is 4.79 Å². The van der Waals surface area contributed by atoms with Crippen LogP contribution in [-0.4, -0.2) is 46.3 Å². The fourth-order valence-electron chi connectivity index (χ4n) is 4.78. The fraction of sp³-hybridized carbons (Fsp3) is 0.577. The summed E-state index contributed by atoms with van der Waals surface area (Å²) in [6.45, 7) is 7.05. The van der Waals surface area contributed by atoms with Gasteiger partial charge in [-0.1, -0.05) is 56.7 Å². The standard InChI is InChI=1S/C26H41ClO6P2Si/c1-5-36(6-2,7-3)33-25-17-24(32-35)23(22(25)12-9-13-26(28)29-4)15-14-21(31-34)18-30-20-11-8-10-19(27)16-20/h8-11,13-16,21-25H,5-7,12,17-18,34-35H2,1-4H3/b13-9-,15-14+/t21?,22-,23-,24?,25+/m1/s1. The molecule has 0 spiro atoms. The first-order chi connectivity index (χ1) is 17.3. The molecule has 0 heterocycles. The highest BCUT2D eigenvalue weighted by Gasteiger charge is 2.45. The number of halogens is 1. The molecule has 0 bridgehead atoms. The summed E-state index contributed by atoms with van der Waals surface area (Å²) >= 11 is 6.06. The first kappa shape index (κ1) is 31.4. The molecule has 0 saturated heterocycles. The highest BCUT2D eigenvalue weighted by atomic mass is 35.5. The Balaban J connectivity index is 2.22. The number of esters is 1. The summed E-state index contributed by atoms with van der Waals surface area (Å²) < 4.78 is 29.0. The summed E-state index contributed by atoms with van der Waals surface area (Å²) in [4.78, 5) is 11.7. The molecular formula is C26H41ClO6P2Si. The van der Waals surface area contributed by atoms with Crippen LogP contribution in [0.1, 0.15) is 33.6 Å². The summed E-state index contributed by atoms with van der Waals surface area (Å²) in [5.74, 6) is 0.573. The van der Waals surface area contributed by atoms with Crippen LogP contribution in [0.4, 0.5) is 0 Å². The SMILES string of the molecule is CC[Si](CC)(CC)O[C@H]1CC(OP)[C@H](/C=C/C(COc2cccc(Cl)c2)OP)[C@H]1C/C=C\C(=O)OC. The Labute approximate surface area is 227 Å². The van der Waals surface area contributed by atoms with Gasteiger partial charge >= 0.3 is 5.97 Å². The number of methoxy groups -OCH3 is 1. The zero-order valence-electron chi connectivity index (χ0n) is 21.7. The van der Waals surface area contributed by atoms with Crippen molar-refractivity contribution in [3.8, 4) is 5.75 Å². The van der Waals surface area contributed by atoms with Crippen LogP contribution in [0.25, 0.3) is 0 Å². The van der Waals surface area contributed by atoms with E-state index in [4.69, 9.17) is 34.5 Å². The van der Waals surface area contributed by atoms with E-state index in [-0.39, 0.29) is 36.1 Å². The number of hydrogen-bond acceptors (Lipinski definition) is 6. The maximum Gasteiger partial charge on any atom is 0.330 e. The van der Waals surface area contributed by atoms with Crippen LogP contribution in [-0.2, 0) is 23.0 Å². The second-order valence-electron chi connectivity index (χ2n) is 9.04. The lowest BCUT2D eigenvalue weighted by Gasteiger charge is -2.34. The monoisotopic (exact) mass is 574 g/mol. The molecule has 6 nitrogen and oxygen atoms in total. The van der Waals surface area contributed by atoms with Crippen LogP contribution in [0, 0.1) is 11.8 Å². The van der Waals surface area contributed by atoms with E-state index in [1.165, 1.54) is 13.2 Å². The van der Waals surface area contributed by atoms with Gasteiger partial charge in [0.25, 0.3) is 0 Å². The number of ether oxygens (including phenoxy) is 2. The Kier molecular flexibility index (Phi) is 14.2. The Morgan fingerprint density at radius 2 is 1.92 bits per heavy atom. The molecule has 7 atom stereocenters. The van der Waals surface area contributed by atoms with Gasteiger partial charge in [-0.15, -0.1) is 0 Å². The average Bonchev–Trinajstić information content (AvgIpc) is 3.23. The molecule has 202 valence electrons. The number of rotatable bonds is 15. The summed E-state index contributed by atoms with van der Waals surface area (Å²) in [7, 11) is 4.29. The molecule has 1 aliphatic carbocycles. The van der Waals surface area contributed by atoms with E-state index in [0.29, 0.717) is 23.8 Å². The van der Waals surface area contributed by atoms with Gasteiger partial charge in [0.2, 0.25) is 0 Å². The predicted molar refractivity (Wildman–Crippen MR) is 155 cm³/mol. The van der Waals surface area contributed by atoms with E-state index in [1.54, 1.807) is 12.1 Å². The Morgan fingerprint density at radius 1 is 1.19 bits per heavy atom. The quantitative estimate of drug-likeness (QED) is 0.0757. The number of allylic oxidation sites excluding steroid dienone is 1. The number of benzene rings is 1. The van der Waals surface area contributed by atoms with E-state index < -0.39 is 8.32 Å². The van der Waals surface area contributed by atoms with Crippen molar-refractivity contribution in [2.24, 2.45) is 11.8 Å². The minimum absolute atomic E-state index is 0.0240. The highest BCUT2D eigenvalue weighted by molar-refractivity contribution is 7.10. The Hall–Kier alpha value is -0.783. The van der Waals surface area contributed by atoms with Crippen LogP contribution in [0.2, 0.25) is 23.2 Å². The molecule has 2 rings (SSSR count). The van der Waals surface area contributed by atoms with Crippen LogP contribution in [0.5, 0.6) is 5.75 Å². The Morgan fingerprint density at radius 3 is 2.50 bits per heavy atom. The summed E-state index contributed by atoms with van der Waals surface area (Å²) in [5, 5.41) is 0.623. The number of carbonyl (C=O) groups excluding carboxylic acids is 1. The van der Waals surface area contributed by atoms with Crippen molar-refractivity contribution in [2.45, 2.75) is 70.1 Å². The van der Waals surface area contributed by atoms with Gasteiger partial charge in [0.1, 0.15) is 18.5 Å².